The number of carboxylic acid groups (broad SMARTS) is 1. The van der Waals surface area contributed by atoms with Gasteiger partial charge in [-0.1, -0.05) is 13.0 Å². The van der Waals surface area contributed by atoms with Crippen molar-refractivity contribution in [3.63, 3.8) is 0 Å². The predicted molar refractivity (Wildman–Crippen MR) is 95.9 cm³/mol. The molecule has 0 bridgehead atoms. The van der Waals surface area contributed by atoms with Crippen molar-refractivity contribution in [2.24, 2.45) is 0 Å². The summed E-state index contributed by atoms with van der Waals surface area (Å²) in [7, 11) is -9.37. The Morgan fingerprint density at radius 3 is 2.38 bits per heavy atom. The maximum atomic E-state index is 12.7. The van der Waals surface area contributed by atoms with Crippen LogP contribution in [0.4, 0.5) is 19.0 Å². The number of halogens is 3. The average Bonchev–Trinajstić information content (AvgIpc) is 2.65. The Balaban J connectivity index is 2.43. The highest BCUT2D eigenvalue weighted by Gasteiger charge is 2.47. The number of anilines is 1. The van der Waals surface area contributed by atoms with Crippen LogP contribution in [0.25, 0.3) is 0 Å². The molecular formula is C16H15F3N2O6S2. The quantitative estimate of drug-likeness (QED) is 0.655. The highest BCUT2D eigenvalue weighted by atomic mass is 32.2. The molecule has 29 heavy (non-hydrogen) atoms. The SMILES string of the molecule is CCS(=O)(=O)c1cccnc1NCc1ccc(S(=O)(=O)C(F)(F)F)cc1C(=O)O. The molecule has 0 aliphatic carbocycles. The van der Waals surface area contributed by atoms with Crippen molar-refractivity contribution in [3.8, 4) is 0 Å². The number of benzene rings is 1. The molecule has 13 heteroatoms. The van der Waals surface area contributed by atoms with Crippen molar-refractivity contribution in [2.75, 3.05) is 11.1 Å². The van der Waals surface area contributed by atoms with Crippen LogP contribution >= 0.6 is 0 Å². The molecule has 0 unspecified atom stereocenters. The summed E-state index contributed by atoms with van der Waals surface area (Å²) in [5, 5.41) is 11.9. The number of alkyl halides is 3. The van der Waals surface area contributed by atoms with E-state index >= 15 is 0 Å². The normalized spacial score (nSPS) is 12.6. The van der Waals surface area contributed by atoms with E-state index in [1.165, 1.54) is 25.3 Å². The van der Waals surface area contributed by atoms with Gasteiger partial charge >= 0.3 is 11.5 Å². The minimum atomic E-state index is -5.72. The van der Waals surface area contributed by atoms with E-state index in [9.17, 15) is 39.9 Å². The van der Waals surface area contributed by atoms with Crippen LogP contribution < -0.4 is 5.32 Å². The van der Waals surface area contributed by atoms with Crippen LogP contribution in [0.5, 0.6) is 0 Å². The molecule has 8 nitrogen and oxygen atoms in total. The summed E-state index contributed by atoms with van der Waals surface area (Å²) in [6, 6.07) is 4.64. The van der Waals surface area contributed by atoms with Crippen molar-refractivity contribution in [1.29, 1.82) is 0 Å². The molecule has 2 N–H and O–H groups in total. The van der Waals surface area contributed by atoms with Crippen LogP contribution in [0.3, 0.4) is 0 Å². The molecule has 0 fully saturated rings. The van der Waals surface area contributed by atoms with E-state index in [2.05, 4.69) is 10.3 Å². The van der Waals surface area contributed by atoms with Crippen LogP contribution in [-0.4, -0.2) is 44.2 Å². The summed E-state index contributed by atoms with van der Waals surface area (Å²) < 4.78 is 85.3. The van der Waals surface area contributed by atoms with Crippen LogP contribution in [0.15, 0.2) is 46.3 Å². The second-order valence-corrected chi connectivity index (χ2v) is 9.87. The largest absolute Gasteiger partial charge is 0.501 e. The molecule has 1 aromatic heterocycles. The first-order valence-electron chi connectivity index (χ1n) is 7.90. The van der Waals surface area contributed by atoms with Gasteiger partial charge in [0, 0.05) is 12.7 Å². The van der Waals surface area contributed by atoms with Crippen LogP contribution in [0.1, 0.15) is 22.8 Å². The Morgan fingerprint density at radius 2 is 1.83 bits per heavy atom. The first-order valence-corrected chi connectivity index (χ1v) is 11.0. The molecule has 0 saturated heterocycles. The maximum Gasteiger partial charge on any atom is 0.501 e. The number of hydrogen-bond acceptors (Lipinski definition) is 7. The number of pyridine rings is 1. The number of aromatic nitrogens is 1. The van der Waals surface area contributed by atoms with Gasteiger partial charge in [0.2, 0.25) is 0 Å². The van der Waals surface area contributed by atoms with E-state index in [0.717, 1.165) is 6.07 Å². The van der Waals surface area contributed by atoms with Gasteiger partial charge in [-0.2, -0.15) is 13.2 Å². The number of nitrogens with zero attached hydrogens (tertiary/aromatic N) is 1. The van der Waals surface area contributed by atoms with Gasteiger partial charge in [-0.25, -0.2) is 26.6 Å². The molecule has 2 aromatic rings. The van der Waals surface area contributed by atoms with E-state index in [1.54, 1.807) is 0 Å². The molecular weight excluding hydrogens is 437 g/mol. The van der Waals surface area contributed by atoms with Crippen LogP contribution in [0.2, 0.25) is 0 Å². The molecule has 158 valence electrons. The minimum Gasteiger partial charge on any atom is -0.478 e. The van der Waals surface area contributed by atoms with Gasteiger partial charge in [0.25, 0.3) is 9.84 Å². The van der Waals surface area contributed by atoms with Crippen LogP contribution in [0, 0.1) is 0 Å². The molecule has 0 radical (unpaired) electrons. The topological polar surface area (TPSA) is 130 Å². The standard InChI is InChI=1S/C16H15F3N2O6S2/c1-2-28(24,25)13-4-3-7-20-14(13)21-9-10-5-6-11(8-12(10)15(22)23)29(26,27)16(17,18)19/h3-8H,2,9H2,1H3,(H,20,21)(H,22,23). The van der Waals surface area contributed by atoms with E-state index in [4.69, 9.17) is 0 Å². The zero-order valence-electron chi connectivity index (χ0n) is 14.8. The molecule has 0 amide bonds. The molecule has 1 heterocycles. The van der Waals surface area contributed by atoms with Crippen LogP contribution in [-0.2, 0) is 26.2 Å². The second kappa shape index (κ2) is 7.99. The fourth-order valence-corrected chi connectivity index (χ4v) is 4.12. The third kappa shape index (κ3) is 4.67. The van der Waals surface area contributed by atoms with Crippen molar-refractivity contribution < 1.29 is 39.9 Å². The highest BCUT2D eigenvalue weighted by Crippen LogP contribution is 2.31. The zero-order valence-corrected chi connectivity index (χ0v) is 16.4. The zero-order chi connectivity index (χ0) is 22.0. The van der Waals surface area contributed by atoms with E-state index in [1.807, 2.05) is 0 Å². The number of aromatic carboxylic acids is 1. The van der Waals surface area contributed by atoms with Gasteiger partial charge in [0.1, 0.15) is 10.7 Å². The van der Waals surface area contributed by atoms with Gasteiger partial charge in [0.15, 0.2) is 9.84 Å². The summed E-state index contributed by atoms with van der Waals surface area (Å²) in [4.78, 5) is 14.0. The number of nitrogens with one attached hydrogen (secondary N) is 1. The predicted octanol–water partition coefficient (Wildman–Crippen LogP) is 2.48. The molecule has 2 rings (SSSR count). The lowest BCUT2D eigenvalue weighted by Gasteiger charge is -2.14. The Bertz CT molecular complexity index is 1150. The number of rotatable bonds is 7. The highest BCUT2D eigenvalue weighted by molar-refractivity contribution is 7.92. The van der Waals surface area contributed by atoms with Gasteiger partial charge in [-0.05, 0) is 29.8 Å². The fraction of sp³-hybridized carbons (Fsp3) is 0.250. The molecule has 0 spiro atoms. The first-order chi connectivity index (χ1) is 13.3. The number of carboxylic acids is 1. The van der Waals surface area contributed by atoms with E-state index < -0.39 is 41.6 Å². The Labute approximate surface area is 164 Å². The maximum absolute atomic E-state index is 12.7. The molecule has 0 saturated carbocycles. The number of sulfone groups is 2. The fourth-order valence-electron chi connectivity index (χ4n) is 2.32. The van der Waals surface area contributed by atoms with Crippen molar-refractivity contribution in [1.82, 2.24) is 4.98 Å². The molecule has 0 atom stereocenters. The van der Waals surface area contributed by atoms with Crippen molar-refractivity contribution in [3.05, 3.63) is 47.7 Å². The first kappa shape index (κ1) is 22.6. The summed E-state index contributed by atoms with van der Waals surface area (Å²) in [6.45, 7) is 1.10. The van der Waals surface area contributed by atoms with Gasteiger partial charge in [-0.3, -0.25) is 0 Å². The smallest absolute Gasteiger partial charge is 0.478 e. The lowest BCUT2D eigenvalue weighted by atomic mass is 10.1. The van der Waals surface area contributed by atoms with Gasteiger partial charge < -0.3 is 10.4 Å². The minimum absolute atomic E-state index is 0.0656. The molecule has 1 aromatic carbocycles. The Hall–Kier alpha value is -2.67. The summed E-state index contributed by atoms with van der Waals surface area (Å²) in [5.41, 5.74) is -6.33. The summed E-state index contributed by atoms with van der Waals surface area (Å²) in [6.07, 6.45) is 1.30. The Kier molecular flexibility index (Phi) is 6.23. The molecule has 0 aliphatic heterocycles. The average molecular weight is 452 g/mol. The number of hydrogen-bond donors (Lipinski definition) is 2. The second-order valence-electron chi connectivity index (χ2n) is 5.68. The van der Waals surface area contributed by atoms with Crippen molar-refractivity contribution >= 4 is 31.5 Å². The van der Waals surface area contributed by atoms with Crippen molar-refractivity contribution in [2.45, 2.75) is 28.8 Å². The monoisotopic (exact) mass is 452 g/mol. The third-order valence-electron chi connectivity index (χ3n) is 3.86. The van der Waals surface area contributed by atoms with Gasteiger partial charge in [-0.15, -0.1) is 0 Å². The number of carbonyl (C=O) groups is 1. The summed E-state index contributed by atoms with van der Waals surface area (Å²) in [5.74, 6) is -1.93. The van der Waals surface area contributed by atoms with E-state index in [-0.39, 0.29) is 28.6 Å². The molecule has 0 aliphatic rings. The third-order valence-corrected chi connectivity index (χ3v) is 7.10. The Morgan fingerprint density at radius 1 is 1.17 bits per heavy atom. The lowest BCUT2D eigenvalue weighted by Crippen LogP contribution is -2.24. The summed E-state index contributed by atoms with van der Waals surface area (Å²) >= 11 is 0. The van der Waals surface area contributed by atoms with Gasteiger partial charge in [0.05, 0.1) is 16.2 Å². The lowest BCUT2D eigenvalue weighted by molar-refractivity contribution is -0.0436. The van der Waals surface area contributed by atoms with E-state index in [0.29, 0.717) is 12.1 Å².